The van der Waals surface area contributed by atoms with Gasteiger partial charge in [-0.05, 0) is 38.5 Å². The average molecular weight is 336 g/mol. The van der Waals surface area contributed by atoms with Crippen LogP contribution in [0.5, 0.6) is 0 Å². The summed E-state index contributed by atoms with van der Waals surface area (Å²) in [6.07, 6.45) is 0. The smallest absolute Gasteiger partial charge is 0.269 e. The fourth-order valence-electron chi connectivity index (χ4n) is 2.68. The van der Waals surface area contributed by atoms with Crippen LogP contribution in [0.1, 0.15) is 32.9 Å². The van der Waals surface area contributed by atoms with Crippen LogP contribution >= 0.6 is 0 Å². The Morgan fingerprint density at radius 3 is 2.52 bits per heavy atom. The maximum absolute atomic E-state index is 12.3. The van der Waals surface area contributed by atoms with E-state index in [0.717, 1.165) is 22.4 Å². The van der Waals surface area contributed by atoms with Gasteiger partial charge in [0.2, 0.25) is 0 Å². The van der Waals surface area contributed by atoms with Crippen molar-refractivity contribution < 1.29 is 4.79 Å². The van der Waals surface area contributed by atoms with Crippen molar-refractivity contribution in [3.8, 4) is 11.3 Å². The van der Waals surface area contributed by atoms with Crippen LogP contribution in [0.4, 0.5) is 0 Å². The number of hydrogen-bond donors (Lipinski definition) is 3. The summed E-state index contributed by atoms with van der Waals surface area (Å²) in [5.41, 5.74) is 5.19. The molecule has 6 heteroatoms. The fourth-order valence-corrected chi connectivity index (χ4v) is 2.68. The molecule has 6 nitrogen and oxygen atoms in total. The molecule has 0 radical (unpaired) electrons. The van der Waals surface area contributed by atoms with Crippen molar-refractivity contribution in [2.24, 2.45) is 0 Å². The molecule has 0 spiro atoms. The molecule has 2 heterocycles. The van der Waals surface area contributed by atoms with Gasteiger partial charge in [-0.1, -0.05) is 29.8 Å². The molecular weight excluding hydrogens is 316 g/mol. The Morgan fingerprint density at radius 2 is 1.84 bits per heavy atom. The van der Waals surface area contributed by atoms with Gasteiger partial charge in [-0.25, -0.2) is 0 Å². The van der Waals surface area contributed by atoms with E-state index in [1.807, 2.05) is 51.1 Å². The lowest BCUT2D eigenvalue weighted by molar-refractivity contribution is 0.0945. The van der Waals surface area contributed by atoms with E-state index < -0.39 is 0 Å². The number of aryl methyl sites for hydroxylation is 3. The van der Waals surface area contributed by atoms with Gasteiger partial charge < -0.3 is 10.3 Å². The quantitative estimate of drug-likeness (QED) is 0.684. The Bertz CT molecular complexity index is 968. The highest BCUT2D eigenvalue weighted by atomic mass is 16.2. The van der Waals surface area contributed by atoms with Crippen LogP contribution in [0, 0.1) is 20.8 Å². The summed E-state index contributed by atoms with van der Waals surface area (Å²) in [4.78, 5) is 27.1. The highest BCUT2D eigenvalue weighted by Crippen LogP contribution is 2.18. The van der Waals surface area contributed by atoms with Gasteiger partial charge in [-0.2, -0.15) is 5.10 Å². The largest absolute Gasteiger partial charge is 0.346 e. The summed E-state index contributed by atoms with van der Waals surface area (Å²) in [6.45, 7) is 5.87. The number of aromatic amines is 2. The van der Waals surface area contributed by atoms with Crippen LogP contribution in [0.15, 0.2) is 41.2 Å². The summed E-state index contributed by atoms with van der Waals surface area (Å²) in [7, 11) is 0. The average Bonchev–Trinajstić information content (AvgIpc) is 3.04. The molecule has 0 aliphatic rings. The number of rotatable bonds is 4. The van der Waals surface area contributed by atoms with E-state index in [2.05, 4.69) is 20.5 Å². The number of pyridine rings is 1. The summed E-state index contributed by atoms with van der Waals surface area (Å²) >= 11 is 0. The zero-order chi connectivity index (χ0) is 18.0. The molecule has 0 saturated carbocycles. The predicted octanol–water partition coefficient (Wildman–Crippen LogP) is 2.62. The molecule has 0 bridgehead atoms. The van der Waals surface area contributed by atoms with E-state index in [4.69, 9.17) is 0 Å². The molecule has 1 amide bonds. The standard InChI is InChI=1S/C19H20N4O2/c1-11-4-6-14(7-5-11)16-9-17(23-22-16)19(25)20-10-15-12(2)8-13(3)21-18(15)24/h4-9H,10H2,1-3H3,(H,20,25)(H,21,24)(H,22,23). The molecule has 3 N–H and O–H groups in total. The number of benzene rings is 1. The molecule has 0 aliphatic carbocycles. The van der Waals surface area contributed by atoms with E-state index in [1.165, 1.54) is 0 Å². The molecule has 3 rings (SSSR count). The van der Waals surface area contributed by atoms with Crippen LogP contribution in [-0.4, -0.2) is 21.1 Å². The Labute approximate surface area is 145 Å². The van der Waals surface area contributed by atoms with E-state index in [-0.39, 0.29) is 18.0 Å². The van der Waals surface area contributed by atoms with E-state index in [9.17, 15) is 9.59 Å². The normalized spacial score (nSPS) is 10.7. The van der Waals surface area contributed by atoms with Crippen molar-refractivity contribution in [2.75, 3.05) is 0 Å². The molecule has 0 aliphatic heterocycles. The Morgan fingerprint density at radius 1 is 1.12 bits per heavy atom. The molecule has 0 fully saturated rings. The third kappa shape index (κ3) is 3.68. The van der Waals surface area contributed by atoms with Gasteiger partial charge in [0.25, 0.3) is 11.5 Å². The first-order valence-electron chi connectivity index (χ1n) is 8.04. The van der Waals surface area contributed by atoms with Crippen molar-refractivity contribution in [1.29, 1.82) is 0 Å². The number of carbonyl (C=O) groups is 1. The highest BCUT2D eigenvalue weighted by Gasteiger charge is 2.12. The fraction of sp³-hybridized carbons (Fsp3) is 0.211. The first-order chi connectivity index (χ1) is 11.9. The topological polar surface area (TPSA) is 90.6 Å². The first kappa shape index (κ1) is 16.7. The minimum atomic E-state index is -0.301. The molecule has 0 unspecified atom stereocenters. The number of hydrogen-bond acceptors (Lipinski definition) is 3. The third-order valence-electron chi connectivity index (χ3n) is 4.09. The molecule has 0 atom stereocenters. The maximum Gasteiger partial charge on any atom is 0.269 e. The first-order valence-corrected chi connectivity index (χ1v) is 8.04. The lowest BCUT2D eigenvalue weighted by Gasteiger charge is -2.07. The predicted molar refractivity (Wildman–Crippen MR) is 96.5 cm³/mol. The van der Waals surface area contributed by atoms with Crippen molar-refractivity contribution in [3.05, 3.63) is 74.8 Å². The lowest BCUT2D eigenvalue weighted by Crippen LogP contribution is -2.28. The Balaban J connectivity index is 1.72. The van der Waals surface area contributed by atoms with Gasteiger partial charge in [0.15, 0.2) is 0 Å². The van der Waals surface area contributed by atoms with Gasteiger partial charge in [-0.15, -0.1) is 0 Å². The SMILES string of the molecule is Cc1ccc(-c2cc(C(=O)NCc3c(C)cc(C)[nH]c3=O)[nH]n2)cc1. The summed E-state index contributed by atoms with van der Waals surface area (Å²) < 4.78 is 0. The minimum absolute atomic E-state index is 0.166. The number of amides is 1. The Kier molecular flexibility index (Phi) is 4.52. The van der Waals surface area contributed by atoms with Crippen molar-refractivity contribution in [3.63, 3.8) is 0 Å². The van der Waals surface area contributed by atoms with Crippen LogP contribution in [-0.2, 0) is 6.54 Å². The molecule has 25 heavy (non-hydrogen) atoms. The number of H-pyrrole nitrogens is 2. The Hall–Kier alpha value is -3.15. The summed E-state index contributed by atoms with van der Waals surface area (Å²) in [5, 5.41) is 9.69. The molecule has 3 aromatic rings. The summed E-state index contributed by atoms with van der Waals surface area (Å²) in [5.74, 6) is -0.301. The van der Waals surface area contributed by atoms with Gasteiger partial charge in [-0.3, -0.25) is 14.7 Å². The van der Waals surface area contributed by atoms with Gasteiger partial charge in [0, 0.05) is 23.4 Å². The van der Waals surface area contributed by atoms with Crippen molar-refractivity contribution >= 4 is 5.91 Å². The molecule has 0 saturated heterocycles. The number of aromatic nitrogens is 3. The minimum Gasteiger partial charge on any atom is -0.346 e. The van der Waals surface area contributed by atoms with E-state index in [1.54, 1.807) is 6.07 Å². The molecule has 128 valence electrons. The second kappa shape index (κ2) is 6.76. The van der Waals surface area contributed by atoms with Gasteiger partial charge >= 0.3 is 0 Å². The molecular formula is C19H20N4O2. The lowest BCUT2D eigenvalue weighted by atomic mass is 10.1. The monoisotopic (exact) mass is 336 g/mol. The van der Waals surface area contributed by atoms with Crippen molar-refractivity contribution in [2.45, 2.75) is 27.3 Å². The van der Waals surface area contributed by atoms with Crippen LogP contribution in [0.2, 0.25) is 0 Å². The maximum atomic E-state index is 12.3. The number of carbonyl (C=O) groups excluding carboxylic acids is 1. The van der Waals surface area contributed by atoms with Gasteiger partial charge in [0.05, 0.1) is 5.69 Å². The second-order valence-corrected chi connectivity index (χ2v) is 6.16. The molecule has 2 aromatic heterocycles. The number of nitrogens with zero attached hydrogens (tertiary/aromatic N) is 1. The number of nitrogens with one attached hydrogen (secondary N) is 3. The highest BCUT2D eigenvalue weighted by molar-refractivity contribution is 5.93. The second-order valence-electron chi connectivity index (χ2n) is 6.16. The summed E-state index contributed by atoms with van der Waals surface area (Å²) in [6, 6.07) is 11.5. The zero-order valence-corrected chi connectivity index (χ0v) is 14.4. The van der Waals surface area contributed by atoms with Crippen LogP contribution in [0.25, 0.3) is 11.3 Å². The van der Waals surface area contributed by atoms with E-state index >= 15 is 0 Å². The van der Waals surface area contributed by atoms with Gasteiger partial charge in [0.1, 0.15) is 5.69 Å². The van der Waals surface area contributed by atoms with Crippen LogP contribution in [0.3, 0.4) is 0 Å². The third-order valence-corrected chi connectivity index (χ3v) is 4.09. The zero-order valence-electron chi connectivity index (χ0n) is 14.4. The van der Waals surface area contributed by atoms with Crippen molar-refractivity contribution in [1.82, 2.24) is 20.5 Å². The molecule has 1 aromatic carbocycles. The van der Waals surface area contributed by atoms with Crippen LogP contribution < -0.4 is 10.9 Å². The van der Waals surface area contributed by atoms with E-state index in [0.29, 0.717) is 17.0 Å².